The van der Waals surface area contributed by atoms with E-state index in [1.54, 1.807) is 11.3 Å². The van der Waals surface area contributed by atoms with Crippen LogP contribution in [0.1, 0.15) is 36.8 Å². The van der Waals surface area contributed by atoms with Crippen molar-refractivity contribution in [2.24, 2.45) is 5.92 Å². The molecule has 106 valence electrons. The number of fused-ring (bicyclic) bond motifs is 3. The Morgan fingerprint density at radius 1 is 1.60 bits per heavy atom. The zero-order chi connectivity index (χ0) is 14.4. The second-order valence-electron chi connectivity index (χ2n) is 5.50. The number of thiophene rings is 1. The van der Waals surface area contributed by atoms with Gasteiger partial charge in [0.2, 0.25) is 0 Å². The van der Waals surface area contributed by atoms with Gasteiger partial charge in [0.25, 0.3) is 5.56 Å². The number of carboxylic acid groups (broad SMARTS) is 1. The lowest BCUT2D eigenvalue weighted by Gasteiger charge is -2.17. The molecular formula is C14H16N2O3S. The average molecular weight is 292 g/mol. The zero-order valence-electron chi connectivity index (χ0n) is 11.4. The molecule has 5 nitrogen and oxygen atoms in total. The third kappa shape index (κ3) is 1.95. The van der Waals surface area contributed by atoms with Crippen LogP contribution in [0.15, 0.2) is 11.1 Å². The topological polar surface area (TPSA) is 72.2 Å². The van der Waals surface area contributed by atoms with Crippen molar-refractivity contribution in [3.05, 3.63) is 27.1 Å². The lowest BCUT2D eigenvalue weighted by Crippen LogP contribution is -2.28. The molecule has 0 aromatic carbocycles. The normalized spacial score (nSPS) is 19.8. The largest absolute Gasteiger partial charge is 0.480 e. The zero-order valence-corrected chi connectivity index (χ0v) is 12.2. The molecule has 1 aliphatic carbocycles. The number of hydrogen-bond donors (Lipinski definition) is 1. The summed E-state index contributed by atoms with van der Waals surface area (Å²) in [4.78, 5) is 29.9. The summed E-state index contributed by atoms with van der Waals surface area (Å²) in [5, 5.41) is 9.70. The Morgan fingerprint density at radius 3 is 3.05 bits per heavy atom. The Morgan fingerprint density at radius 2 is 2.35 bits per heavy atom. The maximum Gasteiger partial charge on any atom is 0.326 e. The first-order chi connectivity index (χ1) is 9.49. The smallest absolute Gasteiger partial charge is 0.326 e. The maximum absolute atomic E-state index is 12.6. The molecule has 6 heteroatoms. The molecule has 0 spiro atoms. The van der Waals surface area contributed by atoms with Crippen molar-refractivity contribution in [2.75, 3.05) is 0 Å². The van der Waals surface area contributed by atoms with Gasteiger partial charge >= 0.3 is 5.97 Å². The van der Waals surface area contributed by atoms with E-state index in [4.69, 9.17) is 5.11 Å². The number of aromatic nitrogens is 2. The SMILES string of the molecule is C[C@H]1CCc2c(sc3ncn([C@@H](C)C(=O)O)c(=O)c23)C1. The molecular weight excluding hydrogens is 276 g/mol. The first kappa shape index (κ1) is 13.3. The third-order valence-electron chi connectivity index (χ3n) is 4.02. The minimum Gasteiger partial charge on any atom is -0.480 e. The molecule has 2 aromatic rings. The van der Waals surface area contributed by atoms with Crippen molar-refractivity contribution in [2.45, 2.75) is 39.2 Å². The molecule has 2 atom stereocenters. The predicted octanol–water partition coefficient (Wildman–Crippen LogP) is 2.23. The minimum atomic E-state index is -1.02. The molecule has 0 saturated heterocycles. The summed E-state index contributed by atoms with van der Waals surface area (Å²) in [5.41, 5.74) is 0.865. The van der Waals surface area contributed by atoms with Crippen LogP contribution in [0.25, 0.3) is 10.2 Å². The van der Waals surface area contributed by atoms with E-state index in [0.717, 1.165) is 29.7 Å². The molecule has 0 bridgehead atoms. The van der Waals surface area contributed by atoms with Crippen molar-refractivity contribution < 1.29 is 9.90 Å². The molecule has 0 aliphatic heterocycles. The first-order valence-electron chi connectivity index (χ1n) is 6.73. The van der Waals surface area contributed by atoms with Crippen molar-refractivity contribution in [3.8, 4) is 0 Å². The van der Waals surface area contributed by atoms with Gasteiger partial charge in [-0.1, -0.05) is 6.92 Å². The van der Waals surface area contributed by atoms with Gasteiger partial charge in [-0.15, -0.1) is 11.3 Å². The Kier molecular flexibility index (Phi) is 3.12. The van der Waals surface area contributed by atoms with Gasteiger partial charge in [0.1, 0.15) is 10.9 Å². The first-order valence-corrected chi connectivity index (χ1v) is 7.55. The molecule has 0 fully saturated rings. The van der Waals surface area contributed by atoms with Gasteiger partial charge < -0.3 is 5.11 Å². The number of carbonyl (C=O) groups is 1. The van der Waals surface area contributed by atoms with Crippen LogP contribution in [0.2, 0.25) is 0 Å². The van der Waals surface area contributed by atoms with Crippen LogP contribution in [0, 0.1) is 5.92 Å². The highest BCUT2D eigenvalue weighted by Crippen LogP contribution is 2.35. The summed E-state index contributed by atoms with van der Waals surface area (Å²) < 4.78 is 1.22. The molecule has 2 aromatic heterocycles. The van der Waals surface area contributed by atoms with Gasteiger partial charge in [-0.3, -0.25) is 9.36 Å². The van der Waals surface area contributed by atoms with Gasteiger partial charge in [0, 0.05) is 4.88 Å². The predicted molar refractivity (Wildman–Crippen MR) is 77.4 cm³/mol. The van der Waals surface area contributed by atoms with Gasteiger partial charge in [-0.2, -0.15) is 0 Å². The van der Waals surface area contributed by atoms with E-state index in [-0.39, 0.29) is 5.56 Å². The highest BCUT2D eigenvalue weighted by Gasteiger charge is 2.24. The van der Waals surface area contributed by atoms with Gasteiger partial charge in [-0.25, -0.2) is 9.78 Å². The number of rotatable bonds is 2. The van der Waals surface area contributed by atoms with Crippen LogP contribution in [0.4, 0.5) is 0 Å². The number of nitrogens with zero attached hydrogens (tertiary/aromatic N) is 2. The van der Waals surface area contributed by atoms with Crippen LogP contribution in [-0.2, 0) is 17.6 Å². The van der Waals surface area contributed by atoms with Crippen molar-refractivity contribution >= 4 is 27.5 Å². The van der Waals surface area contributed by atoms with E-state index in [1.165, 1.54) is 22.7 Å². The quantitative estimate of drug-likeness (QED) is 0.921. The fraction of sp³-hybridized carbons (Fsp3) is 0.500. The van der Waals surface area contributed by atoms with Crippen molar-refractivity contribution in [3.63, 3.8) is 0 Å². The summed E-state index contributed by atoms with van der Waals surface area (Å²) in [5.74, 6) is -0.387. The molecule has 0 unspecified atom stereocenters. The Labute approximate surface area is 119 Å². The van der Waals surface area contributed by atoms with E-state index in [2.05, 4.69) is 11.9 Å². The van der Waals surface area contributed by atoms with E-state index < -0.39 is 12.0 Å². The third-order valence-corrected chi connectivity index (χ3v) is 5.18. The van der Waals surface area contributed by atoms with E-state index in [0.29, 0.717) is 11.3 Å². The molecule has 0 saturated carbocycles. The van der Waals surface area contributed by atoms with E-state index >= 15 is 0 Å². The molecule has 2 heterocycles. The molecule has 0 amide bonds. The van der Waals surface area contributed by atoms with E-state index in [1.807, 2.05) is 0 Å². The van der Waals surface area contributed by atoms with Crippen LogP contribution >= 0.6 is 11.3 Å². The minimum absolute atomic E-state index is 0.225. The standard InChI is InChI=1S/C14H16N2O3S/c1-7-3-4-9-10(5-7)20-12-11(9)13(17)16(6-15-12)8(2)14(18)19/h6-8H,3-5H2,1-2H3,(H,18,19)/t7-,8-/m0/s1. The van der Waals surface area contributed by atoms with Gasteiger partial charge in [-0.05, 0) is 37.7 Å². The molecule has 3 rings (SSSR count). The summed E-state index contributed by atoms with van der Waals surface area (Å²) in [6.07, 6.45) is 4.31. The molecule has 20 heavy (non-hydrogen) atoms. The maximum atomic E-state index is 12.6. The van der Waals surface area contributed by atoms with E-state index in [9.17, 15) is 9.59 Å². The number of carboxylic acids is 1. The average Bonchev–Trinajstić information content (AvgIpc) is 2.76. The number of aliphatic carboxylic acids is 1. The second-order valence-corrected chi connectivity index (χ2v) is 6.59. The molecule has 1 aliphatic rings. The number of aryl methyl sites for hydroxylation is 1. The highest BCUT2D eigenvalue weighted by molar-refractivity contribution is 7.18. The van der Waals surface area contributed by atoms with Gasteiger partial charge in [0.15, 0.2) is 0 Å². The van der Waals surface area contributed by atoms with Crippen molar-refractivity contribution in [1.29, 1.82) is 0 Å². The van der Waals surface area contributed by atoms with Gasteiger partial charge in [0.05, 0.1) is 11.7 Å². The summed E-state index contributed by atoms with van der Waals surface area (Å²) in [6.45, 7) is 3.71. The monoisotopic (exact) mass is 292 g/mol. The highest BCUT2D eigenvalue weighted by atomic mass is 32.1. The fourth-order valence-electron chi connectivity index (χ4n) is 2.74. The lowest BCUT2D eigenvalue weighted by molar-refractivity contribution is -0.140. The Bertz CT molecular complexity index is 747. The van der Waals surface area contributed by atoms with Crippen LogP contribution in [0.3, 0.4) is 0 Å². The molecule has 1 N–H and O–H groups in total. The van der Waals surface area contributed by atoms with Crippen LogP contribution in [0.5, 0.6) is 0 Å². The van der Waals surface area contributed by atoms with Crippen molar-refractivity contribution in [1.82, 2.24) is 9.55 Å². The summed E-state index contributed by atoms with van der Waals surface area (Å²) in [7, 11) is 0. The Balaban J connectivity index is 2.23. The fourth-order valence-corrected chi connectivity index (χ4v) is 4.08. The summed E-state index contributed by atoms with van der Waals surface area (Å²) >= 11 is 1.57. The molecule has 0 radical (unpaired) electrons. The number of hydrogen-bond acceptors (Lipinski definition) is 4. The Hall–Kier alpha value is -1.69. The second kappa shape index (κ2) is 4.70. The summed E-state index contributed by atoms with van der Waals surface area (Å²) in [6, 6.07) is -0.891. The van der Waals surface area contributed by atoms with Crippen LogP contribution < -0.4 is 5.56 Å². The van der Waals surface area contributed by atoms with Crippen LogP contribution in [-0.4, -0.2) is 20.6 Å². The lowest BCUT2D eigenvalue weighted by atomic mass is 9.89.